The van der Waals surface area contributed by atoms with Crippen LogP contribution >= 0.6 is 11.8 Å². The molecule has 2 saturated heterocycles. The highest BCUT2D eigenvalue weighted by Crippen LogP contribution is 2.51. The molecule has 5 rings (SSSR count). The minimum atomic E-state index is -1.15. The largest absolute Gasteiger partial charge is 0.419 e. The van der Waals surface area contributed by atoms with Crippen molar-refractivity contribution in [2.24, 2.45) is 0 Å². The molecule has 176 valence electrons. The topological polar surface area (TPSA) is 130 Å². The summed E-state index contributed by atoms with van der Waals surface area (Å²) in [4.78, 5) is 52.4. The van der Waals surface area contributed by atoms with E-state index < -0.39 is 46.5 Å². The second-order valence-corrected chi connectivity index (χ2v) is 10.7. The molecule has 10 heteroatoms. The zero-order chi connectivity index (χ0) is 24.2. The van der Waals surface area contributed by atoms with Crippen molar-refractivity contribution in [3.8, 4) is 0 Å². The normalized spacial score (nSPS) is 27.2. The molecule has 2 aromatic rings. The third kappa shape index (κ3) is 3.54. The molecule has 0 aromatic heterocycles. The lowest BCUT2D eigenvalue weighted by Gasteiger charge is -2.44. The molecule has 34 heavy (non-hydrogen) atoms. The molecule has 0 spiro atoms. The molecule has 2 amide bonds. The molecule has 0 saturated carbocycles. The predicted molar refractivity (Wildman–Crippen MR) is 121 cm³/mol. The Balaban J connectivity index is 1.28. The smallest absolute Gasteiger partial charge is 0.342 e. The SMILES string of the molecule is CC1(C)S[C@@H]2[C@H](NC(=O)[C@H]([NH3+])c3ccccc3)C(=O)N2[C@H]1C(=O)O[C@H]1OC(=O)c2ccccc21. The molecule has 3 aliphatic rings. The van der Waals surface area contributed by atoms with E-state index in [-0.39, 0.29) is 11.8 Å². The van der Waals surface area contributed by atoms with Gasteiger partial charge in [0.1, 0.15) is 17.5 Å². The Kier molecular flexibility index (Phi) is 5.37. The molecule has 0 aliphatic carbocycles. The fraction of sp³-hybridized carbons (Fsp3) is 0.333. The molecule has 4 N–H and O–H groups in total. The number of amides is 2. The summed E-state index contributed by atoms with van der Waals surface area (Å²) in [6.07, 6.45) is -1.15. The summed E-state index contributed by atoms with van der Waals surface area (Å²) in [5.74, 6) is -1.94. The molecule has 9 nitrogen and oxygen atoms in total. The van der Waals surface area contributed by atoms with Gasteiger partial charge < -0.3 is 25.4 Å². The lowest BCUT2D eigenvalue weighted by Crippen LogP contribution is -2.72. The Labute approximate surface area is 199 Å². The van der Waals surface area contributed by atoms with E-state index in [1.807, 2.05) is 32.0 Å². The highest BCUT2D eigenvalue weighted by molar-refractivity contribution is 8.01. The molecule has 2 fully saturated rings. The van der Waals surface area contributed by atoms with Crippen molar-refractivity contribution in [2.75, 3.05) is 0 Å². The maximum absolute atomic E-state index is 13.2. The van der Waals surface area contributed by atoms with Gasteiger partial charge in [-0.2, -0.15) is 0 Å². The molecular weight excluding hydrogens is 458 g/mol. The van der Waals surface area contributed by atoms with Crippen molar-refractivity contribution >= 4 is 35.5 Å². The summed E-state index contributed by atoms with van der Waals surface area (Å²) >= 11 is 1.42. The zero-order valence-corrected chi connectivity index (χ0v) is 19.4. The number of hydrogen-bond donors (Lipinski definition) is 2. The van der Waals surface area contributed by atoms with E-state index >= 15 is 0 Å². The number of nitrogens with one attached hydrogen (secondary N) is 1. The number of fused-ring (bicyclic) bond motifs is 2. The summed E-state index contributed by atoms with van der Waals surface area (Å²) in [7, 11) is 0. The number of hydrogen-bond acceptors (Lipinski definition) is 7. The molecule has 2 aromatic carbocycles. The molecule has 0 bridgehead atoms. The highest BCUT2D eigenvalue weighted by Gasteiger charge is 2.65. The van der Waals surface area contributed by atoms with Crippen molar-refractivity contribution in [3.05, 3.63) is 71.3 Å². The van der Waals surface area contributed by atoms with Gasteiger partial charge in [0.25, 0.3) is 12.2 Å². The number of thioether (sulfide) groups is 1. The quantitative estimate of drug-likeness (QED) is 0.479. The minimum absolute atomic E-state index is 0.349. The molecule has 0 radical (unpaired) electrons. The maximum atomic E-state index is 13.2. The maximum Gasteiger partial charge on any atom is 0.342 e. The first kappa shape index (κ1) is 22.4. The van der Waals surface area contributed by atoms with E-state index in [0.717, 1.165) is 5.56 Å². The summed E-state index contributed by atoms with van der Waals surface area (Å²) in [5.41, 5.74) is 5.50. The second kappa shape index (κ2) is 8.14. The predicted octanol–water partition coefficient (Wildman–Crippen LogP) is 0.929. The summed E-state index contributed by atoms with van der Waals surface area (Å²) in [6, 6.07) is 13.5. The van der Waals surface area contributed by atoms with Crippen LogP contribution in [0.2, 0.25) is 0 Å². The van der Waals surface area contributed by atoms with Gasteiger partial charge in [-0.15, -0.1) is 11.8 Å². The number of quaternary nitrogens is 1. The first-order chi connectivity index (χ1) is 16.2. The fourth-order valence-corrected chi connectivity index (χ4v) is 6.21. The van der Waals surface area contributed by atoms with E-state index in [0.29, 0.717) is 11.1 Å². The first-order valence-electron chi connectivity index (χ1n) is 10.9. The third-order valence-electron chi connectivity index (χ3n) is 6.35. The van der Waals surface area contributed by atoms with Crippen molar-refractivity contribution in [3.63, 3.8) is 0 Å². The van der Waals surface area contributed by atoms with Gasteiger partial charge in [0, 0.05) is 15.9 Å². The van der Waals surface area contributed by atoms with Gasteiger partial charge in [0.2, 0.25) is 5.91 Å². The number of ether oxygens (including phenoxy) is 2. The van der Waals surface area contributed by atoms with Crippen molar-refractivity contribution in [1.29, 1.82) is 0 Å². The van der Waals surface area contributed by atoms with Gasteiger partial charge in [-0.1, -0.05) is 48.5 Å². The molecule has 5 atom stereocenters. The van der Waals surface area contributed by atoms with Crippen molar-refractivity contribution in [2.45, 2.75) is 48.4 Å². The lowest BCUT2D eigenvalue weighted by atomic mass is 9.95. The van der Waals surface area contributed by atoms with Gasteiger partial charge in [-0.3, -0.25) is 9.59 Å². The number of cyclic esters (lactones) is 1. The van der Waals surface area contributed by atoms with Gasteiger partial charge in [0.15, 0.2) is 6.04 Å². The summed E-state index contributed by atoms with van der Waals surface area (Å²) in [6.45, 7) is 3.69. The Morgan fingerprint density at radius 2 is 1.79 bits per heavy atom. The first-order valence-corrected chi connectivity index (χ1v) is 11.8. The van der Waals surface area contributed by atoms with E-state index in [2.05, 4.69) is 11.1 Å². The second-order valence-electron chi connectivity index (χ2n) is 8.97. The zero-order valence-electron chi connectivity index (χ0n) is 18.6. The number of β-lactam (4-membered cyclic amide) rings is 1. The number of carbonyl (C=O) groups excluding carboxylic acids is 4. The molecule has 3 aliphatic heterocycles. The Hall–Kier alpha value is -3.37. The molecule has 0 unspecified atom stereocenters. The van der Waals surface area contributed by atoms with Crippen LogP contribution in [0.5, 0.6) is 0 Å². The van der Waals surface area contributed by atoms with Crippen LogP contribution in [0.4, 0.5) is 0 Å². The van der Waals surface area contributed by atoms with Crippen LogP contribution in [0, 0.1) is 0 Å². The monoisotopic (exact) mass is 482 g/mol. The molecule has 3 heterocycles. The number of benzene rings is 2. The van der Waals surface area contributed by atoms with Crippen LogP contribution in [0.3, 0.4) is 0 Å². The van der Waals surface area contributed by atoms with Crippen molar-refractivity contribution in [1.82, 2.24) is 10.2 Å². The number of esters is 2. The number of rotatable bonds is 5. The van der Waals surface area contributed by atoms with E-state index in [1.165, 1.54) is 16.7 Å². The minimum Gasteiger partial charge on any atom is -0.419 e. The number of carbonyl (C=O) groups is 4. The molecular formula is C24H24N3O6S+. The summed E-state index contributed by atoms with van der Waals surface area (Å²) < 4.78 is 10.1. The van der Waals surface area contributed by atoms with E-state index in [4.69, 9.17) is 9.47 Å². The average molecular weight is 483 g/mol. The van der Waals surface area contributed by atoms with Gasteiger partial charge >= 0.3 is 11.9 Å². The standard InChI is InChI=1S/C24H23N3O6S/c1-24(2)17(22(31)33-23-14-11-7-6-10-13(14)21(30)32-23)27-19(29)16(20(27)34-24)26-18(28)15(25)12-8-4-3-5-9-12/h3-11,15-17,20,23H,25H2,1-2H3,(H,26,28)/p+1/t15-,16-,17+,20-,23-/m1/s1. The van der Waals surface area contributed by atoms with Gasteiger partial charge in [-0.05, 0) is 19.9 Å². The highest BCUT2D eigenvalue weighted by atomic mass is 32.2. The Morgan fingerprint density at radius 1 is 1.12 bits per heavy atom. The number of nitrogens with zero attached hydrogens (tertiary/aromatic N) is 1. The van der Waals surface area contributed by atoms with Crippen LogP contribution in [0.25, 0.3) is 0 Å². The summed E-state index contributed by atoms with van der Waals surface area (Å²) in [5, 5.41) is 2.38. The van der Waals surface area contributed by atoms with Crippen molar-refractivity contribution < 1.29 is 34.4 Å². The van der Waals surface area contributed by atoms with E-state index in [1.54, 1.807) is 36.4 Å². The van der Waals surface area contributed by atoms with Crippen LogP contribution in [0.1, 0.15) is 47.7 Å². The third-order valence-corrected chi connectivity index (χ3v) is 7.92. The fourth-order valence-electron chi connectivity index (χ4n) is 4.59. The average Bonchev–Trinajstić information content (AvgIpc) is 3.28. The Bertz CT molecular complexity index is 1190. The van der Waals surface area contributed by atoms with Gasteiger partial charge in [0.05, 0.1) is 5.56 Å². The van der Waals surface area contributed by atoms with Crippen LogP contribution < -0.4 is 11.1 Å². The lowest BCUT2D eigenvalue weighted by molar-refractivity contribution is -0.409. The van der Waals surface area contributed by atoms with Crippen LogP contribution in [0.15, 0.2) is 54.6 Å². The van der Waals surface area contributed by atoms with Gasteiger partial charge in [-0.25, -0.2) is 9.59 Å². The van der Waals surface area contributed by atoms with Crippen LogP contribution in [-0.2, 0) is 23.9 Å². The van der Waals surface area contributed by atoms with Crippen LogP contribution in [-0.4, -0.2) is 50.9 Å². The Morgan fingerprint density at radius 3 is 2.53 bits per heavy atom. The van der Waals surface area contributed by atoms with E-state index in [9.17, 15) is 19.2 Å².